The van der Waals surface area contributed by atoms with Crippen molar-refractivity contribution < 1.29 is 9.53 Å². The third-order valence-corrected chi connectivity index (χ3v) is 5.14. The van der Waals surface area contributed by atoms with Gasteiger partial charge in [0.15, 0.2) is 5.96 Å². The van der Waals surface area contributed by atoms with Crippen LogP contribution in [-0.4, -0.2) is 35.5 Å². The fraction of sp³-hybridized carbons (Fsp3) is 0.455. The molecular formula is C22H29N3O2. The molecule has 1 aliphatic carbocycles. The highest BCUT2D eigenvalue weighted by Gasteiger charge is 2.43. The Morgan fingerprint density at radius 1 is 1.33 bits per heavy atom. The molecular weight excluding hydrogens is 338 g/mol. The van der Waals surface area contributed by atoms with E-state index >= 15 is 0 Å². The number of nitrogens with zero attached hydrogens (tertiary/aromatic N) is 2. The molecule has 1 aliphatic heterocycles. The summed E-state index contributed by atoms with van der Waals surface area (Å²) in [5.41, 5.74) is 8.71. The Labute approximate surface area is 161 Å². The third-order valence-electron chi connectivity index (χ3n) is 5.14. The van der Waals surface area contributed by atoms with Crippen LogP contribution >= 0.6 is 0 Å². The average molecular weight is 367 g/mol. The zero-order chi connectivity index (χ0) is 19.6. The highest BCUT2D eigenvalue weighted by atomic mass is 16.5. The van der Waals surface area contributed by atoms with Crippen LogP contribution in [0, 0.1) is 5.92 Å². The summed E-state index contributed by atoms with van der Waals surface area (Å²) in [5.74, 6) is 0.682. The molecule has 0 radical (unpaired) electrons. The molecule has 0 saturated heterocycles. The lowest BCUT2D eigenvalue weighted by atomic mass is 9.91. The lowest BCUT2D eigenvalue weighted by Crippen LogP contribution is -2.43. The van der Waals surface area contributed by atoms with E-state index in [0.717, 1.165) is 17.5 Å². The Balaban J connectivity index is 1.69. The molecule has 144 valence electrons. The van der Waals surface area contributed by atoms with Crippen molar-refractivity contribution in [2.45, 2.75) is 51.8 Å². The minimum absolute atomic E-state index is 0.0127. The van der Waals surface area contributed by atoms with Gasteiger partial charge in [-0.3, -0.25) is 9.69 Å². The van der Waals surface area contributed by atoms with Crippen molar-refractivity contribution in [3.05, 3.63) is 53.6 Å². The standard InChI is InChI=1S/C22H29N3O2/c1-15(2)13-22(3)20(26)25(21(23)24-22)14-16-5-7-17(8-6-16)18-9-11-19(27-4)12-10-18/h5-11,15,19H,12-14H2,1-4H3,(H2,23,24). The van der Waals surface area contributed by atoms with E-state index in [1.54, 1.807) is 12.0 Å². The first-order valence-corrected chi connectivity index (χ1v) is 9.50. The minimum Gasteiger partial charge on any atom is -0.377 e. The van der Waals surface area contributed by atoms with E-state index in [-0.39, 0.29) is 12.0 Å². The molecule has 0 bridgehead atoms. The molecule has 2 aliphatic rings. The Morgan fingerprint density at radius 2 is 2.04 bits per heavy atom. The molecule has 0 saturated carbocycles. The Bertz CT molecular complexity index is 792. The highest BCUT2D eigenvalue weighted by Crippen LogP contribution is 2.30. The zero-order valence-corrected chi connectivity index (χ0v) is 16.6. The van der Waals surface area contributed by atoms with Crippen LogP contribution in [0.15, 0.2) is 47.5 Å². The average Bonchev–Trinajstić information content (AvgIpc) is 2.84. The largest absolute Gasteiger partial charge is 0.377 e. The van der Waals surface area contributed by atoms with Crippen LogP contribution in [0.1, 0.15) is 44.7 Å². The number of amides is 1. The van der Waals surface area contributed by atoms with Crippen molar-refractivity contribution in [1.29, 1.82) is 0 Å². The summed E-state index contributed by atoms with van der Waals surface area (Å²) in [5, 5.41) is 0. The van der Waals surface area contributed by atoms with Gasteiger partial charge in [-0.05, 0) is 42.4 Å². The zero-order valence-electron chi connectivity index (χ0n) is 16.6. The van der Waals surface area contributed by atoms with E-state index in [0.29, 0.717) is 24.8 Å². The van der Waals surface area contributed by atoms with Crippen molar-refractivity contribution in [2.75, 3.05) is 7.11 Å². The Hall–Kier alpha value is -2.40. The number of carbonyl (C=O) groups excluding carboxylic acids is 1. The number of carbonyl (C=O) groups is 1. The number of ether oxygens (including phenoxy) is 1. The van der Waals surface area contributed by atoms with Gasteiger partial charge >= 0.3 is 0 Å². The number of aliphatic imine (C=N–C) groups is 1. The first-order valence-electron chi connectivity index (χ1n) is 9.50. The van der Waals surface area contributed by atoms with Gasteiger partial charge in [0.1, 0.15) is 5.54 Å². The van der Waals surface area contributed by atoms with E-state index in [2.05, 4.69) is 49.2 Å². The number of nitrogens with two attached hydrogens (primary N) is 1. The van der Waals surface area contributed by atoms with Gasteiger partial charge in [-0.2, -0.15) is 0 Å². The molecule has 1 aromatic carbocycles. The lowest BCUT2D eigenvalue weighted by molar-refractivity contribution is -0.131. The SMILES string of the molecule is COC1C=CC(c2ccc(CN3C(=O)C(C)(CC(C)C)N=C3N)cc2)=CC1. The fourth-order valence-corrected chi connectivity index (χ4v) is 3.81. The van der Waals surface area contributed by atoms with Gasteiger partial charge in [-0.1, -0.05) is 56.3 Å². The number of guanidine groups is 1. The highest BCUT2D eigenvalue weighted by molar-refractivity contribution is 6.06. The van der Waals surface area contributed by atoms with Crippen molar-refractivity contribution >= 4 is 17.4 Å². The molecule has 5 nitrogen and oxygen atoms in total. The summed E-state index contributed by atoms with van der Waals surface area (Å²) in [7, 11) is 1.73. The number of rotatable bonds is 6. The second kappa shape index (κ2) is 7.69. The summed E-state index contributed by atoms with van der Waals surface area (Å²) in [6, 6.07) is 8.26. The van der Waals surface area contributed by atoms with E-state index in [4.69, 9.17) is 10.5 Å². The number of benzene rings is 1. The van der Waals surface area contributed by atoms with Gasteiger partial charge in [0.25, 0.3) is 5.91 Å². The molecule has 0 aromatic heterocycles. The van der Waals surface area contributed by atoms with Crippen molar-refractivity contribution in [3.63, 3.8) is 0 Å². The van der Waals surface area contributed by atoms with Gasteiger partial charge in [0.05, 0.1) is 12.6 Å². The van der Waals surface area contributed by atoms with Gasteiger partial charge < -0.3 is 10.5 Å². The minimum atomic E-state index is -0.742. The maximum Gasteiger partial charge on any atom is 0.257 e. The van der Waals surface area contributed by atoms with E-state index in [9.17, 15) is 4.79 Å². The second-order valence-electron chi connectivity index (χ2n) is 7.96. The fourth-order valence-electron chi connectivity index (χ4n) is 3.81. The molecule has 3 rings (SSSR count). The predicted molar refractivity (Wildman–Crippen MR) is 109 cm³/mol. The van der Waals surface area contributed by atoms with E-state index in [1.807, 2.05) is 19.1 Å². The normalized spacial score (nSPS) is 25.1. The maximum atomic E-state index is 12.9. The maximum absolute atomic E-state index is 12.9. The lowest BCUT2D eigenvalue weighted by Gasteiger charge is -2.23. The second-order valence-corrected chi connectivity index (χ2v) is 7.96. The van der Waals surface area contributed by atoms with Crippen LogP contribution < -0.4 is 5.73 Å². The Morgan fingerprint density at radius 3 is 2.59 bits per heavy atom. The molecule has 1 amide bonds. The van der Waals surface area contributed by atoms with Gasteiger partial charge in [-0.15, -0.1) is 0 Å². The van der Waals surface area contributed by atoms with Crippen LogP contribution in [0.5, 0.6) is 0 Å². The topological polar surface area (TPSA) is 67.9 Å². The summed E-state index contributed by atoms with van der Waals surface area (Å²) >= 11 is 0. The first-order chi connectivity index (χ1) is 12.8. The molecule has 27 heavy (non-hydrogen) atoms. The summed E-state index contributed by atoms with van der Waals surface area (Å²) < 4.78 is 5.34. The first kappa shape index (κ1) is 19.4. The summed E-state index contributed by atoms with van der Waals surface area (Å²) in [6.45, 7) is 6.51. The smallest absolute Gasteiger partial charge is 0.257 e. The van der Waals surface area contributed by atoms with Crippen LogP contribution in [0.3, 0.4) is 0 Å². The number of allylic oxidation sites excluding steroid dienone is 2. The van der Waals surface area contributed by atoms with Crippen LogP contribution in [0.4, 0.5) is 0 Å². The van der Waals surface area contributed by atoms with Gasteiger partial charge in [-0.25, -0.2) is 4.99 Å². The van der Waals surface area contributed by atoms with E-state index < -0.39 is 5.54 Å². The summed E-state index contributed by atoms with van der Waals surface area (Å²) in [4.78, 5) is 18.9. The monoisotopic (exact) mass is 367 g/mol. The van der Waals surface area contributed by atoms with Crippen LogP contribution in [0.2, 0.25) is 0 Å². The molecule has 1 heterocycles. The van der Waals surface area contributed by atoms with Crippen LogP contribution in [-0.2, 0) is 16.1 Å². The number of hydrogen-bond donors (Lipinski definition) is 1. The van der Waals surface area contributed by atoms with Crippen molar-refractivity contribution in [2.24, 2.45) is 16.6 Å². The molecule has 0 spiro atoms. The Kier molecular flexibility index (Phi) is 5.51. The molecule has 2 unspecified atom stereocenters. The van der Waals surface area contributed by atoms with Gasteiger partial charge in [0, 0.05) is 7.11 Å². The van der Waals surface area contributed by atoms with Crippen LogP contribution in [0.25, 0.3) is 5.57 Å². The quantitative estimate of drug-likeness (QED) is 0.837. The molecule has 5 heteroatoms. The number of methoxy groups -OCH3 is 1. The van der Waals surface area contributed by atoms with Crippen molar-refractivity contribution in [3.8, 4) is 0 Å². The predicted octanol–water partition coefficient (Wildman–Crippen LogP) is 3.51. The van der Waals surface area contributed by atoms with E-state index in [1.165, 1.54) is 5.57 Å². The van der Waals surface area contributed by atoms with Crippen molar-refractivity contribution in [1.82, 2.24) is 4.90 Å². The summed E-state index contributed by atoms with van der Waals surface area (Å²) in [6.07, 6.45) is 8.11. The third kappa shape index (κ3) is 4.14. The molecule has 1 aromatic rings. The molecule has 2 atom stereocenters. The molecule has 0 fully saturated rings. The van der Waals surface area contributed by atoms with Gasteiger partial charge in [0.2, 0.25) is 0 Å². The molecule has 2 N–H and O–H groups in total. The number of hydrogen-bond acceptors (Lipinski definition) is 4.